The highest BCUT2D eigenvalue weighted by molar-refractivity contribution is 6.30. The zero-order chi connectivity index (χ0) is 14.9. The lowest BCUT2D eigenvalue weighted by atomic mass is 9.81. The molecule has 0 unspecified atom stereocenters. The van der Waals surface area contributed by atoms with E-state index in [1.54, 1.807) is 11.0 Å². The number of rotatable bonds is 4. The van der Waals surface area contributed by atoms with Crippen molar-refractivity contribution < 1.29 is 5.11 Å². The lowest BCUT2D eigenvalue weighted by Crippen LogP contribution is -2.44. The van der Waals surface area contributed by atoms with Gasteiger partial charge in [-0.2, -0.15) is 5.10 Å². The molecule has 0 bridgehead atoms. The molecule has 3 rings (SSSR count). The third-order valence-corrected chi connectivity index (χ3v) is 5.04. The maximum Gasteiger partial charge on any atom is 0.137 e. The highest BCUT2D eigenvalue weighted by Gasteiger charge is 2.46. The van der Waals surface area contributed by atoms with E-state index in [1.807, 2.05) is 24.3 Å². The van der Waals surface area contributed by atoms with Crippen LogP contribution >= 0.6 is 11.6 Å². The summed E-state index contributed by atoms with van der Waals surface area (Å²) in [5.41, 5.74) is 0.489. The molecule has 1 N–H and O–H groups in total. The van der Waals surface area contributed by atoms with Crippen molar-refractivity contribution in [2.24, 2.45) is 11.8 Å². The van der Waals surface area contributed by atoms with Gasteiger partial charge in [0.15, 0.2) is 0 Å². The molecule has 112 valence electrons. The molecule has 1 fully saturated rings. The van der Waals surface area contributed by atoms with Crippen LogP contribution < -0.4 is 0 Å². The summed E-state index contributed by atoms with van der Waals surface area (Å²) in [6.07, 6.45) is 6.13. The van der Waals surface area contributed by atoms with Crippen molar-refractivity contribution in [3.05, 3.63) is 47.5 Å². The zero-order valence-electron chi connectivity index (χ0n) is 12.1. The number of benzene rings is 1. The summed E-state index contributed by atoms with van der Waals surface area (Å²) in [5, 5.41) is 16.1. The third-order valence-electron chi connectivity index (χ3n) is 4.79. The summed E-state index contributed by atoms with van der Waals surface area (Å²) in [6, 6.07) is 7.90. The van der Waals surface area contributed by atoms with Gasteiger partial charge in [-0.25, -0.2) is 4.98 Å². The summed E-state index contributed by atoms with van der Waals surface area (Å²) in [5.74, 6) is 0.497. The number of nitrogens with zero attached hydrogens (tertiary/aromatic N) is 3. The second-order valence-electron chi connectivity index (χ2n) is 6.09. The van der Waals surface area contributed by atoms with Gasteiger partial charge in [-0.1, -0.05) is 30.7 Å². The Labute approximate surface area is 129 Å². The molecule has 2 aromatic rings. The van der Waals surface area contributed by atoms with Gasteiger partial charge in [-0.15, -0.1) is 0 Å². The molecule has 1 saturated carbocycles. The van der Waals surface area contributed by atoms with Gasteiger partial charge in [0.05, 0.1) is 12.1 Å². The summed E-state index contributed by atoms with van der Waals surface area (Å²) < 4.78 is 1.73. The van der Waals surface area contributed by atoms with Crippen LogP contribution in [0.2, 0.25) is 5.02 Å². The Balaban J connectivity index is 1.78. The van der Waals surface area contributed by atoms with E-state index in [0.29, 0.717) is 6.54 Å². The van der Waals surface area contributed by atoms with Gasteiger partial charge in [0, 0.05) is 5.02 Å². The van der Waals surface area contributed by atoms with Crippen LogP contribution in [0.5, 0.6) is 0 Å². The van der Waals surface area contributed by atoms with Gasteiger partial charge < -0.3 is 5.11 Å². The maximum absolute atomic E-state index is 11.2. The fourth-order valence-corrected chi connectivity index (χ4v) is 3.52. The van der Waals surface area contributed by atoms with Crippen molar-refractivity contribution in [1.82, 2.24) is 14.8 Å². The van der Waals surface area contributed by atoms with Crippen LogP contribution in [0, 0.1) is 11.8 Å². The first kappa shape index (κ1) is 14.5. The SMILES string of the molecule is C[C@H]1CC[C@H](Cc2ccc(Cl)cc2)[C@@]1(O)Cn1cncn1. The number of aromatic nitrogens is 3. The van der Waals surface area contributed by atoms with Gasteiger partial charge in [0.1, 0.15) is 12.7 Å². The summed E-state index contributed by atoms with van der Waals surface area (Å²) in [4.78, 5) is 3.97. The summed E-state index contributed by atoms with van der Waals surface area (Å²) in [7, 11) is 0. The number of hydrogen-bond donors (Lipinski definition) is 1. The predicted octanol–water partition coefficient (Wildman–Crippen LogP) is 2.95. The minimum Gasteiger partial charge on any atom is -0.387 e. The minimum atomic E-state index is -0.729. The second kappa shape index (κ2) is 5.78. The third kappa shape index (κ3) is 2.97. The van der Waals surface area contributed by atoms with Crippen LogP contribution in [0.1, 0.15) is 25.3 Å². The molecule has 1 aliphatic rings. The number of hydrogen-bond acceptors (Lipinski definition) is 3. The molecule has 21 heavy (non-hydrogen) atoms. The van der Waals surface area contributed by atoms with Crippen molar-refractivity contribution >= 4 is 11.6 Å². The number of aliphatic hydroxyl groups is 1. The van der Waals surface area contributed by atoms with Gasteiger partial charge in [-0.05, 0) is 48.8 Å². The highest BCUT2D eigenvalue weighted by atomic mass is 35.5. The highest BCUT2D eigenvalue weighted by Crippen LogP contribution is 2.43. The van der Waals surface area contributed by atoms with Crippen LogP contribution in [-0.4, -0.2) is 25.5 Å². The first-order valence-electron chi connectivity index (χ1n) is 7.37. The molecule has 0 aliphatic heterocycles. The summed E-state index contributed by atoms with van der Waals surface area (Å²) in [6.45, 7) is 2.63. The Morgan fingerprint density at radius 2 is 2.10 bits per heavy atom. The first-order valence-corrected chi connectivity index (χ1v) is 7.75. The molecule has 0 spiro atoms. The standard InChI is InChI=1S/C16H20ClN3O/c1-12-2-5-14(8-13-3-6-15(17)7-4-13)16(12,21)9-20-11-18-10-19-20/h3-4,6-7,10-12,14,21H,2,5,8-9H2,1H3/t12-,14+,16+/m0/s1. The van der Waals surface area contributed by atoms with Crippen molar-refractivity contribution in [3.8, 4) is 0 Å². The molecule has 3 atom stereocenters. The van der Waals surface area contributed by atoms with Crippen LogP contribution in [0.25, 0.3) is 0 Å². The average Bonchev–Trinajstić information content (AvgIpc) is 3.05. The predicted molar refractivity (Wildman–Crippen MR) is 82.0 cm³/mol. The summed E-state index contributed by atoms with van der Waals surface area (Å²) >= 11 is 5.93. The molecule has 1 aromatic carbocycles. The molecule has 0 amide bonds. The second-order valence-corrected chi connectivity index (χ2v) is 6.53. The Morgan fingerprint density at radius 3 is 2.76 bits per heavy atom. The minimum absolute atomic E-state index is 0.234. The van der Waals surface area contributed by atoms with Gasteiger partial charge in [0.2, 0.25) is 0 Å². The fraction of sp³-hybridized carbons (Fsp3) is 0.500. The van der Waals surface area contributed by atoms with Crippen LogP contribution in [0.3, 0.4) is 0 Å². The number of halogens is 1. The smallest absolute Gasteiger partial charge is 0.137 e. The van der Waals surface area contributed by atoms with Gasteiger partial charge >= 0.3 is 0 Å². The first-order chi connectivity index (χ1) is 10.1. The molecular formula is C16H20ClN3O. The van der Waals surface area contributed by atoms with E-state index in [1.165, 1.54) is 11.9 Å². The van der Waals surface area contributed by atoms with Crippen LogP contribution in [-0.2, 0) is 13.0 Å². The van der Waals surface area contributed by atoms with Crippen molar-refractivity contribution in [2.75, 3.05) is 0 Å². The van der Waals surface area contributed by atoms with Crippen LogP contribution in [0.15, 0.2) is 36.9 Å². The largest absolute Gasteiger partial charge is 0.387 e. The lowest BCUT2D eigenvalue weighted by Gasteiger charge is -2.34. The lowest BCUT2D eigenvalue weighted by molar-refractivity contribution is -0.0482. The molecule has 0 saturated heterocycles. The van der Waals surface area contributed by atoms with E-state index >= 15 is 0 Å². The van der Waals surface area contributed by atoms with Gasteiger partial charge in [0.25, 0.3) is 0 Å². The molecule has 1 aromatic heterocycles. The van der Waals surface area contributed by atoms with Crippen LogP contribution in [0.4, 0.5) is 0 Å². The fourth-order valence-electron chi connectivity index (χ4n) is 3.40. The zero-order valence-corrected chi connectivity index (χ0v) is 12.9. The monoisotopic (exact) mass is 305 g/mol. The topological polar surface area (TPSA) is 50.9 Å². The molecular weight excluding hydrogens is 286 g/mol. The van der Waals surface area contributed by atoms with Crippen molar-refractivity contribution in [1.29, 1.82) is 0 Å². The normalized spacial score (nSPS) is 28.9. The van der Waals surface area contributed by atoms with E-state index in [4.69, 9.17) is 11.6 Å². The molecule has 1 aliphatic carbocycles. The average molecular weight is 306 g/mol. The van der Waals surface area contributed by atoms with Gasteiger partial charge in [-0.3, -0.25) is 4.68 Å². The van der Waals surface area contributed by atoms with Crippen molar-refractivity contribution in [3.63, 3.8) is 0 Å². The quantitative estimate of drug-likeness (QED) is 0.945. The Kier molecular flexibility index (Phi) is 4.00. The van der Waals surface area contributed by atoms with E-state index < -0.39 is 5.60 Å². The Bertz CT molecular complexity index is 584. The molecule has 0 radical (unpaired) electrons. The van der Waals surface area contributed by atoms with Crippen molar-refractivity contribution in [2.45, 2.75) is 38.3 Å². The Morgan fingerprint density at radius 1 is 1.33 bits per heavy atom. The van der Waals surface area contributed by atoms with E-state index in [2.05, 4.69) is 17.0 Å². The van der Waals surface area contributed by atoms with E-state index in [0.717, 1.165) is 24.3 Å². The molecule has 1 heterocycles. The molecule has 4 nitrogen and oxygen atoms in total. The van der Waals surface area contributed by atoms with E-state index in [9.17, 15) is 5.11 Å². The Hall–Kier alpha value is -1.39. The maximum atomic E-state index is 11.2. The van der Waals surface area contributed by atoms with E-state index in [-0.39, 0.29) is 11.8 Å². The molecule has 5 heteroatoms.